The summed E-state index contributed by atoms with van der Waals surface area (Å²) in [6, 6.07) is 5.36. The molecule has 3 rings (SSSR count). The first kappa shape index (κ1) is 27.6. The number of aryl methyl sites for hydroxylation is 2. The standard InChI is InChI=1S/C26H41N7O3/c1-19(36-4)17-33(14-6-5-9-21-11-10-20-8-7-13-27-25(20)30-21)15-12-22(26(34)35)31-23-16-24(32(2)3)29-18-28-23/h10-11,16,18-19,22H,5-9,12-15,17H2,1-4H3,(H,27,30)(H,34,35)(H,28,29,31)/t19-,22-/m1/s1. The second kappa shape index (κ2) is 13.9. The van der Waals surface area contributed by atoms with E-state index in [4.69, 9.17) is 9.72 Å². The third-order valence-electron chi connectivity index (χ3n) is 6.49. The molecule has 0 saturated carbocycles. The number of rotatable bonds is 15. The van der Waals surface area contributed by atoms with E-state index in [0.29, 0.717) is 18.8 Å². The molecule has 0 amide bonds. The summed E-state index contributed by atoms with van der Waals surface area (Å²) >= 11 is 0. The van der Waals surface area contributed by atoms with Crippen LogP contribution in [0, 0.1) is 0 Å². The van der Waals surface area contributed by atoms with Crippen LogP contribution in [-0.4, -0.2) is 90.5 Å². The van der Waals surface area contributed by atoms with E-state index < -0.39 is 12.0 Å². The number of nitrogens with zero attached hydrogens (tertiary/aromatic N) is 5. The number of carboxylic acids is 1. The van der Waals surface area contributed by atoms with Gasteiger partial charge in [-0.2, -0.15) is 0 Å². The second-order valence-corrected chi connectivity index (χ2v) is 9.62. The Morgan fingerprint density at radius 1 is 1.25 bits per heavy atom. The molecule has 0 spiro atoms. The van der Waals surface area contributed by atoms with E-state index in [9.17, 15) is 9.90 Å². The monoisotopic (exact) mass is 499 g/mol. The molecule has 10 heteroatoms. The zero-order valence-corrected chi connectivity index (χ0v) is 22.0. The molecule has 198 valence electrons. The molecular formula is C26H41N7O3. The van der Waals surface area contributed by atoms with E-state index in [2.05, 4.69) is 37.6 Å². The Morgan fingerprint density at radius 3 is 2.83 bits per heavy atom. The highest BCUT2D eigenvalue weighted by atomic mass is 16.5. The summed E-state index contributed by atoms with van der Waals surface area (Å²) < 4.78 is 5.48. The van der Waals surface area contributed by atoms with E-state index in [-0.39, 0.29) is 6.10 Å². The molecule has 2 atom stereocenters. The fraction of sp³-hybridized carbons (Fsp3) is 0.615. The number of hydrogen-bond acceptors (Lipinski definition) is 9. The molecule has 1 aliphatic rings. The van der Waals surface area contributed by atoms with Crippen molar-refractivity contribution in [2.45, 2.75) is 57.6 Å². The van der Waals surface area contributed by atoms with Gasteiger partial charge in [0.2, 0.25) is 0 Å². The normalized spacial score (nSPS) is 14.6. The van der Waals surface area contributed by atoms with Crippen LogP contribution in [0.3, 0.4) is 0 Å². The lowest BCUT2D eigenvalue weighted by atomic mass is 10.1. The zero-order chi connectivity index (χ0) is 25.9. The van der Waals surface area contributed by atoms with E-state index in [1.54, 1.807) is 13.2 Å². The Hall–Kier alpha value is -2.98. The highest BCUT2D eigenvalue weighted by Crippen LogP contribution is 2.20. The maximum atomic E-state index is 12.0. The van der Waals surface area contributed by atoms with Crippen molar-refractivity contribution in [2.24, 2.45) is 0 Å². The van der Waals surface area contributed by atoms with Gasteiger partial charge in [0.05, 0.1) is 6.10 Å². The molecule has 3 N–H and O–H groups in total. The third-order valence-corrected chi connectivity index (χ3v) is 6.49. The fourth-order valence-corrected chi connectivity index (χ4v) is 4.30. The minimum atomic E-state index is -0.896. The van der Waals surface area contributed by atoms with E-state index >= 15 is 0 Å². The predicted molar refractivity (Wildman–Crippen MR) is 143 cm³/mol. The first-order chi connectivity index (χ1) is 17.4. The number of unbranched alkanes of at least 4 members (excludes halogenated alkanes) is 1. The van der Waals surface area contributed by atoms with Crippen molar-refractivity contribution in [3.05, 3.63) is 35.8 Å². The van der Waals surface area contributed by atoms with Crippen LogP contribution >= 0.6 is 0 Å². The Bertz CT molecular complexity index is 972. The lowest BCUT2D eigenvalue weighted by Crippen LogP contribution is -2.38. The van der Waals surface area contributed by atoms with Crippen molar-refractivity contribution in [3.63, 3.8) is 0 Å². The summed E-state index contributed by atoms with van der Waals surface area (Å²) in [5, 5.41) is 16.3. The number of nitrogens with one attached hydrogen (secondary N) is 2. The van der Waals surface area contributed by atoms with Gasteiger partial charge in [-0.1, -0.05) is 6.07 Å². The number of pyridine rings is 1. The quantitative estimate of drug-likeness (QED) is 0.316. The molecule has 0 bridgehead atoms. The summed E-state index contributed by atoms with van der Waals surface area (Å²) in [5.74, 6) is 1.37. The average molecular weight is 500 g/mol. The fourth-order valence-electron chi connectivity index (χ4n) is 4.30. The number of aliphatic carboxylic acids is 1. The van der Waals surface area contributed by atoms with Crippen molar-refractivity contribution >= 4 is 23.4 Å². The van der Waals surface area contributed by atoms with Crippen molar-refractivity contribution in [2.75, 3.05) is 62.9 Å². The van der Waals surface area contributed by atoms with Gasteiger partial charge in [0, 0.05) is 52.6 Å². The first-order valence-corrected chi connectivity index (χ1v) is 12.8. The van der Waals surface area contributed by atoms with Crippen LogP contribution in [0.25, 0.3) is 0 Å². The number of carbonyl (C=O) groups is 1. The van der Waals surface area contributed by atoms with E-state index in [1.165, 1.54) is 11.9 Å². The highest BCUT2D eigenvalue weighted by molar-refractivity contribution is 5.77. The minimum absolute atomic E-state index is 0.0686. The number of fused-ring (bicyclic) bond motifs is 1. The van der Waals surface area contributed by atoms with Crippen LogP contribution in [0.4, 0.5) is 17.5 Å². The molecule has 3 heterocycles. The van der Waals surface area contributed by atoms with Gasteiger partial charge in [0.1, 0.15) is 29.8 Å². The maximum Gasteiger partial charge on any atom is 0.326 e. The molecule has 0 aromatic carbocycles. The van der Waals surface area contributed by atoms with Gasteiger partial charge >= 0.3 is 5.97 Å². The smallest absolute Gasteiger partial charge is 0.326 e. The predicted octanol–water partition coefficient (Wildman–Crippen LogP) is 2.91. The van der Waals surface area contributed by atoms with E-state index in [0.717, 1.165) is 69.1 Å². The molecule has 0 fully saturated rings. The van der Waals surface area contributed by atoms with Crippen LogP contribution < -0.4 is 15.5 Å². The molecule has 2 aromatic rings. The van der Waals surface area contributed by atoms with Gasteiger partial charge in [-0.3, -0.25) is 0 Å². The number of ether oxygens (including phenoxy) is 1. The van der Waals surface area contributed by atoms with Gasteiger partial charge in [0.15, 0.2) is 0 Å². The molecule has 0 radical (unpaired) electrons. The Kier molecular flexibility index (Phi) is 10.7. The van der Waals surface area contributed by atoms with Gasteiger partial charge < -0.3 is 30.3 Å². The summed E-state index contributed by atoms with van der Waals surface area (Å²) in [6.07, 6.45) is 7.19. The third kappa shape index (κ3) is 8.60. The van der Waals surface area contributed by atoms with Gasteiger partial charge in [-0.15, -0.1) is 0 Å². The highest BCUT2D eigenvalue weighted by Gasteiger charge is 2.20. The van der Waals surface area contributed by atoms with Crippen LogP contribution in [0.15, 0.2) is 24.5 Å². The van der Waals surface area contributed by atoms with Crippen molar-refractivity contribution < 1.29 is 14.6 Å². The number of hydrogen-bond donors (Lipinski definition) is 3. The molecule has 0 unspecified atom stereocenters. The number of carboxylic acid groups (broad SMARTS) is 1. The molecule has 10 nitrogen and oxygen atoms in total. The maximum absolute atomic E-state index is 12.0. The van der Waals surface area contributed by atoms with Crippen molar-refractivity contribution in [1.82, 2.24) is 19.9 Å². The van der Waals surface area contributed by atoms with Crippen LogP contribution in [-0.2, 0) is 22.4 Å². The second-order valence-electron chi connectivity index (χ2n) is 9.62. The molecule has 36 heavy (non-hydrogen) atoms. The number of methoxy groups -OCH3 is 1. The summed E-state index contributed by atoms with van der Waals surface area (Å²) in [5.41, 5.74) is 2.43. The molecule has 0 aliphatic carbocycles. The van der Waals surface area contributed by atoms with Gasteiger partial charge in [0.25, 0.3) is 0 Å². The topological polar surface area (TPSA) is 116 Å². The molecular weight excluding hydrogens is 458 g/mol. The van der Waals surface area contributed by atoms with Crippen LogP contribution in [0.2, 0.25) is 0 Å². The lowest BCUT2D eigenvalue weighted by molar-refractivity contribution is -0.138. The largest absolute Gasteiger partial charge is 0.480 e. The summed E-state index contributed by atoms with van der Waals surface area (Å²) in [7, 11) is 5.47. The van der Waals surface area contributed by atoms with Crippen LogP contribution in [0.5, 0.6) is 0 Å². The van der Waals surface area contributed by atoms with Crippen molar-refractivity contribution in [1.29, 1.82) is 0 Å². The summed E-state index contributed by atoms with van der Waals surface area (Å²) in [4.78, 5) is 29.3. The van der Waals surface area contributed by atoms with Crippen LogP contribution in [0.1, 0.15) is 43.9 Å². The minimum Gasteiger partial charge on any atom is -0.480 e. The Balaban J connectivity index is 1.52. The average Bonchev–Trinajstić information content (AvgIpc) is 2.88. The van der Waals surface area contributed by atoms with Gasteiger partial charge in [-0.05, 0) is 63.6 Å². The Labute approximate surface area is 214 Å². The Morgan fingerprint density at radius 2 is 2.08 bits per heavy atom. The van der Waals surface area contributed by atoms with Gasteiger partial charge in [-0.25, -0.2) is 19.7 Å². The number of anilines is 3. The molecule has 2 aromatic heterocycles. The first-order valence-electron chi connectivity index (χ1n) is 12.8. The number of aromatic nitrogens is 3. The molecule has 0 saturated heterocycles. The van der Waals surface area contributed by atoms with Crippen molar-refractivity contribution in [3.8, 4) is 0 Å². The molecule has 1 aliphatic heterocycles. The SMILES string of the molecule is CO[C@H](C)CN(CCCCc1ccc2c(n1)NCCC2)CC[C@@H](Nc1cc(N(C)C)ncn1)C(=O)O. The zero-order valence-electron chi connectivity index (χ0n) is 22.0. The van der Waals surface area contributed by atoms with E-state index in [1.807, 2.05) is 25.9 Å². The lowest BCUT2D eigenvalue weighted by Gasteiger charge is -2.27. The summed E-state index contributed by atoms with van der Waals surface area (Å²) in [6.45, 7) is 5.30.